The minimum Gasteiger partial charge on any atom is -0.478 e. The van der Waals surface area contributed by atoms with Crippen molar-refractivity contribution in [3.05, 3.63) is 35.5 Å². The maximum Gasteiger partial charge on any atom is 0.337 e. The topological polar surface area (TPSA) is 51.5 Å². The summed E-state index contributed by atoms with van der Waals surface area (Å²) in [7, 11) is 1.64. The van der Waals surface area contributed by atoms with Crippen LogP contribution < -0.4 is 0 Å². The highest BCUT2D eigenvalue weighted by Crippen LogP contribution is 2.27. The average Bonchev–Trinajstić information content (AvgIpc) is 2.66. The predicted octanol–water partition coefficient (Wildman–Crippen LogP) is 3.07. The van der Waals surface area contributed by atoms with Gasteiger partial charge in [-0.3, -0.25) is 0 Å². The summed E-state index contributed by atoms with van der Waals surface area (Å²) < 4.78 is 7.21. The molecular weight excluding hydrogens is 230 g/mol. The number of carboxylic acids is 1. The molecule has 1 aromatic heterocycles. The van der Waals surface area contributed by atoms with Crippen LogP contribution in [0.25, 0.3) is 10.9 Å². The van der Waals surface area contributed by atoms with E-state index in [1.165, 1.54) is 0 Å². The van der Waals surface area contributed by atoms with Crippen molar-refractivity contribution in [2.75, 3.05) is 7.11 Å². The Morgan fingerprint density at radius 2 is 2.17 bits per heavy atom. The van der Waals surface area contributed by atoms with Crippen molar-refractivity contribution in [1.82, 2.24) is 4.57 Å². The molecule has 1 N–H and O–H groups in total. The van der Waals surface area contributed by atoms with Crippen LogP contribution in [0.15, 0.2) is 24.3 Å². The number of carboxylic acid groups (broad SMARTS) is 1. The van der Waals surface area contributed by atoms with Gasteiger partial charge >= 0.3 is 5.97 Å². The normalized spacial score (nSPS) is 11.3. The summed E-state index contributed by atoms with van der Waals surface area (Å²) in [5, 5.41) is 10.2. The third kappa shape index (κ3) is 1.99. The summed E-state index contributed by atoms with van der Waals surface area (Å²) in [5.74, 6) is -0.899. The van der Waals surface area contributed by atoms with Crippen LogP contribution in [0.1, 0.15) is 35.9 Å². The first-order valence-corrected chi connectivity index (χ1v) is 5.91. The Bertz CT molecular complexity index is 584. The Balaban J connectivity index is 2.79. The molecule has 1 aromatic carbocycles. The molecule has 96 valence electrons. The number of aromatic carboxylic acids is 1. The van der Waals surface area contributed by atoms with Crippen LogP contribution in [0.3, 0.4) is 0 Å². The van der Waals surface area contributed by atoms with E-state index in [4.69, 9.17) is 4.74 Å². The fourth-order valence-electron chi connectivity index (χ4n) is 2.36. The van der Waals surface area contributed by atoms with Gasteiger partial charge in [-0.2, -0.15) is 0 Å². The number of hydrogen-bond acceptors (Lipinski definition) is 2. The highest BCUT2D eigenvalue weighted by atomic mass is 16.5. The Labute approximate surface area is 106 Å². The minimum absolute atomic E-state index is 0.188. The van der Waals surface area contributed by atoms with Gasteiger partial charge in [0, 0.05) is 24.2 Å². The Kier molecular flexibility index (Phi) is 3.39. The third-order valence-corrected chi connectivity index (χ3v) is 2.98. The Morgan fingerprint density at radius 1 is 1.44 bits per heavy atom. The zero-order chi connectivity index (χ0) is 13.3. The minimum atomic E-state index is -0.899. The summed E-state index contributed by atoms with van der Waals surface area (Å²) in [6.07, 6.45) is 0. The van der Waals surface area contributed by atoms with Crippen LogP contribution in [0.4, 0.5) is 0 Å². The van der Waals surface area contributed by atoms with Gasteiger partial charge < -0.3 is 14.4 Å². The molecule has 18 heavy (non-hydrogen) atoms. The van der Waals surface area contributed by atoms with Crippen molar-refractivity contribution in [2.45, 2.75) is 26.5 Å². The second-order valence-electron chi connectivity index (χ2n) is 4.58. The van der Waals surface area contributed by atoms with Gasteiger partial charge in [0.1, 0.15) is 0 Å². The van der Waals surface area contributed by atoms with E-state index in [1.807, 2.05) is 30.5 Å². The molecule has 0 aliphatic carbocycles. The van der Waals surface area contributed by atoms with E-state index < -0.39 is 5.97 Å². The number of aromatic nitrogens is 1. The van der Waals surface area contributed by atoms with Crippen molar-refractivity contribution < 1.29 is 14.6 Å². The first-order chi connectivity index (χ1) is 8.56. The average molecular weight is 247 g/mol. The molecule has 0 unspecified atom stereocenters. The Hall–Kier alpha value is -1.81. The molecule has 2 rings (SSSR count). The molecule has 0 atom stereocenters. The fourth-order valence-corrected chi connectivity index (χ4v) is 2.36. The van der Waals surface area contributed by atoms with Crippen molar-refractivity contribution >= 4 is 16.9 Å². The van der Waals surface area contributed by atoms with E-state index in [1.54, 1.807) is 19.2 Å². The van der Waals surface area contributed by atoms with E-state index >= 15 is 0 Å². The molecule has 1 heterocycles. The van der Waals surface area contributed by atoms with Crippen molar-refractivity contribution in [3.8, 4) is 0 Å². The zero-order valence-corrected chi connectivity index (χ0v) is 10.8. The van der Waals surface area contributed by atoms with Gasteiger partial charge in [0.2, 0.25) is 0 Å². The largest absolute Gasteiger partial charge is 0.478 e. The zero-order valence-electron chi connectivity index (χ0n) is 10.8. The summed E-state index contributed by atoms with van der Waals surface area (Å²) in [6.45, 7) is 4.56. The van der Waals surface area contributed by atoms with Gasteiger partial charge in [-0.05, 0) is 26.0 Å². The number of hydrogen-bond donors (Lipinski definition) is 1. The highest BCUT2D eigenvalue weighted by Gasteiger charge is 2.17. The first kappa shape index (κ1) is 12.6. The number of ether oxygens (including phenoxy) is 1. The van der Waals surface area contributed by atoms with E-state index in [0.29, 0.717) is 12.2 Å². The lowest BCUT2D eigenvalue weighted by Crippen LogP contribution is -2.09. The van der Waals surface area contributed by atoms with Gasteiger partial charge in [0.05, 0.1) is 17.7 Å². The van der Waals surface area contributed by atoms with Crippen LogP contribution in [0.5, 0.6) is 0 Å². The summed E-state index contributed by atoms with van der Waals surface area (Å²) in [5.41, 5.74) is 2.10. The maximum absolute atomic E-state index is 11.3. The summed E-state index contributed by atoms with van der Waals surface area (Å²) >= 11 is 0. The van der Waals surface area contributed by atoms with Crippen molar-refractivity contribution in [2.24, 2.45) is 0 Å². The number of para-hydroxylation sites is 1. The van der Waals surface area contributed by atoms with Crippen molar-refractivity contribution in [1.29, 1.82) is 0 Å². The number of rotatable bonds is 4. The first-order valence-electron chi connectivity index (χ1n) is 5.91. The molecule has 0 fully saturated rings. The van der Waals surface area contributed by atoms with Crippen LogP contribution in [-0.2, 0) is 11.3 Å². The molecule has 0 radical (unpaired) electrons. The molecule has 0 spiro atoms. The molecule has 4 heteroatoms. The number of benzene rings is 1. The standard InChI is InChI=1S/C14H17NO3/c1-9(2)15-11(8-18-3)7-10-5-4-6-12(13(10)15)14(16)17/h4-7,9H,8H2,1-3H3,(H,16,17). The molecule has 0 aliphatic heterocycles. The molecule has 0 bridgehead atoms. The lowest BCUT2D eigenvalue weighted by molar-refractivity contribution is 0.0698. The summed E-state index contributed by atoms with van der Waals surface area (Å²) in [6, 6.07) is 7.52. The number of carbonyl (C=O) groups is 1. The summed E-state index contributed by atoms with van der Waals surface area (Å²) in [4.78, 5) is 11.3. The second kappa shape index (κ2) is 4.82. The van der Waals surface area contributed by atoms with E-state index in [0.717, 1.165) is 16.6 Å². The van der Waals surface area contributed by atoms with E-state index in [-0.39, 0.29) is 6.04 Å². The van der Waals surface area contributed by atoms with Gasteiger partial charge in [0.25, 0.3) is 0 Å². The van der Waals surface area contributed by atoms with Crippen LogP contribution in [0.2, 0.25) is 0 Å². The molecule has 0 saturated heterocycles. The quantitative estimate of drug-likeness (QED) is 0.903. The molecule has 0 aliphatic rings. The number of nitrogens with zero attached hydrogens (tertiary/aromatic N) is 1. The maximum atomic E-state index is 11.3. The monoisotopic (exact) mass is 247 g/mol. The van der Waals surface area contributed by atoms with Gasteiger partial charge in [-0.1, -0.05) is 12.1 Å². The lowest BCUT2D eigenvalue weighted by Gasteiger charge is -2.15. The van der Waals surface area contributed by atoms with Crippen LogP contribution >= 0.6 is 0 Å². The number of fused-ring (bicyclic) bond motifs is 1. The molecule has 4 nitrogen and oxygen atoms in total. The van der Waals surface area contributed by atoms with Crippen LogP contribution in [-0.4, -0.2) is 22.8 Å². The lowest BCUT2D eigenvalue weighted by atomic mass is 10.1. The Morgan fingerprint density at radius 3 is 2.72 bits per heavy atom. The SMILES string of the molecule is COCc1cc2cccc(C(=O)O)c2n1C(C)C. The van der Waals surface area contributed by atoms with Crippen molar-refractivity contribution in [3.63, 3.8) is 0 Å². The molecule has 0 saturated carbocycles. The molecular formula is C14H17NO3. The molecule has 0 amide bonds. The van der Waals surface area contributed by atoms with Gasteiger partial charge in [-0.25, -0.2) is 4.79 Å². The predicted molar refractivity (Wildman–Crippen MR) is 70.0 cm³/mol. The smallest absolute Gasteiger partial charge is 0.337 e. The van der Waals surface area contributed by atoms with Gasteiger partial charge in [0.15, 0.2) is 0 Å². The number of methoxy groups -OCH3 is 1. The third-order valence-electron chi connectivity index (χ3n) is 2.98. The van der Waals surface area contributed by atoms with Crippen LogP contribution in [0, 0.1) is 0 Å². The van der Waals surface area contributed by atoms with E-state index in [2.05, 4.69) is 0 Å². The molecule has 2 aromatic rings. The highest BCUT2D eigenvalue weighted by molar-refractivity contribution is 6.02. The van der Waals surface area contributed by atoms with E-state index in [9.17, 15) is 9.90 Å². The second-order valence-corrected chi connectivity index (χ2v) is 4.58. The van der Waals surface area contributed by atoms with Gasteiger partial charge in [-0.15, -0.1) is 0 Å². The fraction of sp³-hybridized carbons (Fsp3) is 0.357.